The van der Waals surface area contributed by atoms with Crippen LogP contribution in [0.15, 0.2) is 0 Å². The molecule has 1 saturated heterocycles. The minimum absolute atomic E-state index is 0.474. The number of nitrogens with zero attached hydrogens (tertiary/aromatic N) is 1. The van der Waals surface area contributed by atoms with Crippen LogP contribution < -0.4 is 5.73 Å². The number of piperidine rings is 1. The largest absolute Gasteiger partial charge is 0.326 e. The van der Waals surface area contributed by atoms with Gasteiger partial charge in [-0.2, -0.15) is 0 Å². The number of nitrogens with two attached hydrogens (primary N) is 1. The summed E-state index contributed by atoms with van der Waals surface area (Å²) < 4.78 is 0. The SMILES string of the molecule is CCCCC(CC)N1C2CCC23CCC(N)C13. The van der Waals surface area contributed by atoms with Crippen molar-refractivity contribution >= 4 is 0 Å². The predicted octanol–water partition coefficient (Wildman–Crippen LogP) is 2.91. The molecule has 2 aliphatic carbocycles. The third kappa shape index (κ3) is 1.46. The van der Waals surface area contributed by atoms with Gasteiger partial charge in [0.15, 0.2) is 0 Å². The van der Waals surface area contributed by atoms with Crippen LogP contribution in [0.4, 0.5) is 0 Å². The molecule has 1 aliphatic heterocycles. The number of hydrogen-bond acceptors (Lipinski definition) is 2. The molecule has 3 fully saturated rings. The van der Waals surface area contributed by atoms with Crippen molar-refractivity contribution in [2.24, 2.45) is 11.1 Å². The van der Waals surface area contributed by atoms with Crippen LogP contribution in [0.3, 0.4) is 0 Å². The number of hydrogen-bond donors (Lipinski definition) is 1. The van der Waals surface area contributed by atoms with Crippen LogP contribution in [-0.2, 0) is 0 Å². The lowest BCUT2D eigenvalue weighted by molar-refractivity contribution is -0.211. The Morgan fingerprint density at radius 1 is 1.29 bits per heavy atom. The summed E-state index contributed by atoms with van der Waals surface area (Å²) >= 11 is 0. The zero-order valence-corrected chi connectivity index (χ0v) is 11.5. The van der Waals surface area contributed by atoms with Gasteiger partial charge in [-0.1, -0.05) is 26.7 Å². The van der Waals surface area contributed by atoms with Gasteiger partial charge in [0.2, 0.25) is 0 Å². The van der Waals surface area contributed by atoms with Gasteiger partial charge in [0.25, 0.3) is 0 Å². The third-order valence-corrected chi connectivity index (χ3v) is 5.95. The molecule has 17 heavy (non-hydrogen) atoms. The summed E-state index contributed by atoms with van der Waals surface area (Å²) in [6, 6.07) is 2.97. The highest BCUT2D eigenvalue weighted by molar-refractivity contribution is 5.24. The molecule has 5 unspecified atom stereocenters. The van der Waals surface area contributed by atoms with Gasteiger partial charge in [0.1, 0.15) is 0 Å². The van der Waals surface area contributed by atoms with Crippen molar-refractivity contribution in [3.63, 3.8) is 0 Å². The Morgan fingerprint density at radius 2 is 2.06 bits per heavy atom. The van der Waals surface area contributed by atoms with Crippen LogP contribution in [-0.4, -0.2) is 29.1 Å². The lowest BCUT2D eigenvalue weighted by Gasteiger charge is -2.71. The molecule has 3 aliphatic rings. The minimum atomic E-state index is 0.474. The summed E-state index contributed by atoms with van der Waals surface area (Å²) in [7, 11) is 0. The van der Waals surface area contributed by atoms with E-state index >= 15 is 0 Å². The van der Waals surface area contributed by atoms with Crippen molar-refractivity contribution in [3.8, 4) is 0 Å². The van der Waals surface area contributed by atoms with Gasteiger partial charge in [0.05, 0.1) is 0 Å². The normalized spacial score (nSPS) is 45.7. The summed E-state index contributed by atoms with van der Waals surface area (Å²) in [5.41, 5.74) is 7.06. The van der Waals surface area contributed by atoms with Gasteiger partial charge in [-0.3, -0.25) is 4.90 Å². The average Bonchev–Trinajstić information content (AvgIpc) is 2.64. The Kier molecular flexibility index (Phi) is 2.99. The van der Waals surface area contributed by atoms with Crippen LogP contribution in [0.25, 0.3) is 0 Å². The van der Waals surface area contributed by atoms with Crippen molar-refractivity contribution in [3.05, 3.63) is 0 Å². The van der Waals surface area contributed by atoms with Crippen molar-refractivity contribution < 1.29 is 0 Å². The molecule has 0 amide bonds. The second kappa shape index (κ2) is 4.24. The predicted molar refractivity (Wildman–Crippen MR) is 71.9 cm³/mol. The molecule has 1 heterocycles. The Labute approximate surface area is 106 Å². The van der Waals surface area contributed by atoms with Crippen LogP contribution >= 0.6 is 0 Å². The van der Waals surface area contributed by atoms with E-state index in [1.54, 1.807) is 0 Å². The van der Waals surface area contributed by atoms with E-state index in [1.165, 1.54) is 51.4 Å². The number of likely N-dealkylation sites (tertiary alicyclic amines) is 1. The van der Waals surface area contributed by atoms with Crippen LogP contribution in [0.2, 0.25) is 0 Å². The second-order valence-corrected chi connectivity index (χ2v) is 6.59. The van der Waals surface area contributed by atoms with Crippen molar-refractivity contribution in [1.29, 1.82) is 0 Å². The molecule has 2 nitrogen and oxygen atoms in total. The zero-order chi connectivity index (χ0) is 12.0. The minimum Gasteiger partial charge on any atom is -0.326 e. The lowest BCUT2D eigenvalue weighted by Crippen LogP contribution is -2.79. The highest BCUT2D eigenvalue weighted by Gasteiger charge is 2.70. The quantitative estimate of drug-likeness (QED) is 0.795. The molecule has 0 radical (unpaired) electrons. The maximum atomic E-state index is 6.37. The van der Waals surface area contributed by atoms with E-state index in [2.05, 4.69) is 18.7 Å². The first-order valence-corrected chi connectivity index (χ1v) is 7.77. The molecule has 0 aromatic rings. The third-order valence-electron chi connectivity index (χ3n) is 5.95. The first kappa shape index (κ1) is 12.0. The molecular weight excluding hydrogens is 208 g/mol. The molecule has 0 aromatic carbocycles. The summed E-state index contributed by atoms with van der Waals surface area (Å²) in [5, 5.41) is 0. The summed E-state index contributed by atoms with van der Waals surface area (Å²) in [5.74, 6) is 0. The monoisotopic (exact) mass is 236 g/mol. The van der Waals surface area contributed by atoms with E-state index < -0.39 is 0 Å². The smallest absolute Gasteiger partial charge is 0.0324 e. The van der Waals surface area contributed by atoms with E-state index in [0.717, 1.165) is 18.1 Å². The van der Waals surface area contributed by atoms with Crippen LogP contribution in [0.1, 0.15) is 65.2 Å². The maximum Gasteiger partial charge on any atom is 0.0324 e. The highest BCUT2D eigenvalue weighted by Crippen LogP contribution is 2.65. The second-order valence-electron chi connectivity index (χ2n) is 6.59. The van der Waals surface area contributed by atoms with Gasteiger partial charge >= 0.3 is 0 Å². The lowest BCUT2D eigenvalue weighted by atomic mass is 9.52. The van der Waals surface area contributed by atoms with Gasteiger partial charge in [-0.15, -0.1) is 0 Å². The molecule has 1 spiro atoms. The van der Waals surface area contributed by atoms with E-state index in [4.69, 9.17) is 5.73 Å². The Morgan fingerprint density at radius 3 is 2.65 bits per heavy atom. The maximum absolute atomic E-state index is 6.37. The Balaban J connectivity index is 1.71. The molecule has 0 bridgehead atoms. The van der Waals surface area contributed by atoms with E-state index in [9.17, 15) is 0 Å². The van der Waals surface area contributed by atoms with Crippen molar-refractivity contribution in [2.45, 2.75) is 89.4 Å². The molecule has 2 N–H and O–H groups in total. The molecule has 0 aromatic heterocycles. The zero-order valence-electron chi connectivity index (χ0n) is 11.5. The average molecular weight is 236 g/mol. The molecule has 5 atom stereocenters. The van der Waals surface area contributed by atoms with Crippen molar-refractivity contribution in [2.75, 3.05) is 0 Å². The van der Waals surface area contributed by atoms with E-state index in [0.29, 0.717) is 11.5 Å². The van der Waals surface area contributed by atoms with Crippen LogP contribution in [0, 0.1) is 5.41 Å². The molecule has 2 heteroatoms. The molecule has 2 saturated carbocycles. The molecular formula is C15H28N2. The van der Waals surface area contributed by atoms with E-state index in [-0.39, 0.29) is 0 Å². The summed E-state index contributed by atoms with van der Waals surface area (Å²) in [6.07, 6.45) is 11.0. The Hall–Kier alpha value is -0.0800. The topological polar surface area (TPSA) is 29.3 Å². The first-order valence-electron chi connectivity index (χ1n) is 7.77. The number of unbranched alkanes of at least 4 members (excludes halogenated alkanes) is 1. The summed E-state index contributed by atoms with van der Waals surface area (Å²) in [6.45, 7) is 4.66. The van der Waals surface area contributed by atoms with Gasteiger partial charge < -0.3 is 5.73 Å². The Bertz CT molecular complexity index is 291. The fraction of sp³-hybridized carbons (Fsp3) is 1.00. The molecule has 98 valence electrons. The fourth-order valence-corrected chi connectivity index (χ4v) is 5.01. The van der Waals surface area contributed by atoms with Gasteiger partial charge in [-0.25, -0.2) is 0 Å². The first-order chi connectivity index (χ1) is 8.24. The van der Waals surface area contributed by atoms with Gasteiger partial charge in [0, 0.05) is 29.6 Å². The molecule has 3 rings (SSSR count). The van der Waals surface area contributed by atoms with Crippen molar-refractivity contribution in [1.82, 2.24) is 4.90 Å². The highest BCUT2D eigenvalue weighted by atomic mass is 15.3. The summed E-state index contributed by atoms with van der Waals surface area (Å²) in [4.78, 5) is 2.84. The standard InChI is InChI=1S/C15H28N2/c1-3-5-6-11(4-2)17-13-8-10-15(13)9-7-12(16)14(15)17/h11-14H,3-10,16H2,1-2H3. The van der Waals surface area contributed by atoms with Gasteiger partial charge in [-0.05, 0) is 38.5 Å². The number of rotatable bonds is 5. The van der Waals surface area contributed by atoms with Crippen LogP contribution in [0.5, 0.6) is 0 Å². The van der Waals surface area contributed by atoms with E-state index in [1.807, 2.05) is 0 Å². The fourth-order valence-electron chi connectivity index (χ4n) is 5.01.